The molecule has 1 fully saturated rings. The number of nitrogens with zero attached hydrogens (tertiary/aromatic N) is 2. The standard InChI is InChI=1S/C17H13IN2O4S/c1-20-15(21)13(9-12-7-8-14(18)24-12)25-17(20)19-11-5-3-10(4-6-11)16(22)23-2/h3-9H,1-2H3/b13-9-,19-17?. The van der Waals surface area contributed by atoms with E-state index >= 15 is 0 Å². The van der Waals surface area contributed by atoms with Gasteiger partial charge in [0.2, 0.25) is 0 Å². The predicted octanol–water partition coefficient (Wildman–Crippen LogP) is 3.90. The molecule has 0 aliphatic carbocycles. The van der Waals surface area contributed by atoms with E-state index in [4.69, 9.17) is 4.42 Å². The van der Waals surface area contributed by atoms with E-state index in [1.165, 1.54) is 23.8 Å². The molecule has 0 radical (unpaired) electrons. The van der Waals surface area contributed by atoms with E-state index in [9.17, 15) is 9.59 Å². The molecule has 6 nitrogen and oxygen atoms in total. The number of hydrogen-bond acceptors (Lipinski definition) is 6. The lowest BCUT2D eigenvalue weighted by Gasteiger charge is -2.07. The second-order valence-electron chi connectivity index (χ2n) is 5.05. The van der Waals surface area contributed by atoms with Gasteiger partial charge in [0.25, 0.3) is 5.91 Å². The van der Waals surface area contributed by atoms with E-state index in [0.29, 0.717) is 27.1 Å². The number of methoxy groups -OCH3 is 1. The fourth-order valence-corrected chi connectivity index (χ4v) is 3.49. The van der Waals surface area contributed by atoms with E-state index in [1.54, 1.807) is 37.4 Å². The Hall–Kier alpha value is -2.07. The van der Waals surface area contributed by atoms with Gasteiger partial charge in [-0.3, -0.25) is 9.69 Å². The first-order chi connectivity index (χ1) is 12.0. The SMILES string of the molecule is COC(=O)c1ccc(N=C2S/C(=C\c3ccc(I)o3)C(=O)N2C)cc1. The van der Waals surface area contributed by atoms with Crippen LogP contribution in [-0.2, 0) is 9.53 Å². The third-order valence-corrected chi connectivity index (χ3v) is 5.02. The van der Waals surface area contributed by atoms with Crippen molar-refractivity contribution in [2.45, 2.75) is 0 Å². The fourth-order valence-electron chi connectivity index (χ4n) is 2.09. The number of thioether (sulfide) groups is 1. The molecule has 0 saturated carbocycles. The van der Waals surface area contributed by atoms with E-state index in [1.807, 2.05) is 12.1 Å². The van der Waals surface area contributed by atoms with Gasteiger partial charge in [-0.15, -0.1) is 0 Å². The minimum Gasteiger partial charge on any atom is -0.465 e. The Bertz CT molecular complexity index is 886. The lowest BCUT2D eigenvalue weighted by atomic mass is 10.2. The first-order valence-electron chi connectivity index (χ1n) is 7.18. The van der Waals surface area contributed by atoms with Gasteiger partial charge in [0.15, 0.2) is 8.93 Å². The van der Waals surface area contributed by atoms with Gasteiger partial charge in [-0.1, -0.05) is 0 Å². The van der Waals surface area contributed by atoms with Crippen LogP contribution in [0.3, 0.4) is 0 Å². The highest BCUT2D eigenvalue weighted by Crippen LogP contribution is 2.33. The number of carbonyl (C=O) groups is 2. The highest BCUT2D eigenvalue weighted by Gasteiger charge is 2.30. The topological polar surface area (TPSA) is 72.1 Å². The van der Waals surface area contributed by atoms with E-state index in [-0.39, 0.29) is 5.91 Å². The Balaban J connectivity index is 1.83. The maximum Gasteiger partial charge on any atom is 0.337 e. The highest BCUT2D eigenvalue weighted by atomic mass is 127. The highest BCUT2D eigenvalue weighted by molar-refractivity contribution is 14.1. The Labute approximate surface area is 162 Å². The van der Waals surface area contributed by atoms with Gasteiger partial charge in [-0.25, -0.2) is 9.79 Å². The molecule has 1 amide bonds. The number of halogens is 1. The molecule has 2 heterocycles. The van der Waals surface area contributed by atoms with E-state index in [2.05, 4.69) is 32.3 Å². The number of amidine groups is 1. The molecule has 1 aromatic heterocycles. The zero-order valence-corrected chi connectivity index (χ0v) is 16.3. The quantitative estimate of drug-likeness (QED) is 0.388. The number of ether oxygens (including phenoxy) is 1. The second-order valence-corrected chi connectivity index (χ2v) is 7.12. The fraction of sp³-hybridized carbons (Fsp3) is 0.118. The van der Waals surface area contributed by atoms with Crippen molar-refractivity contribution in [2.75, 3.05) is 14.2 Å². The van der Waals surface area contributed by atoms with Crippen LogP contribution in [0.1, 0.15) is 16.1 Å². The number of aliphatic imine (C=N–C) groups is 1. The molecule has 3 rings (SSSR count). The Morgan fingerprint density at radius 2 is 2.00 bits per heavy atom. The van der Waals surface area contributed by atoms with Gasteiger partial charge in [0.1, 0.15) is 5.76 Å². The molecule has 2 aromatic rings. The van der Waals surface area contributed by atoms with Gasteiger partial charge in [-0.05, 0) is 70.8 Å². The predicted molar refractivity (Wildman–Crippen MR) is 105 cm³/mol. The van der Waals surface area contributed by atoms with Gasteiger partial charge < -0.3 is 9.15 Å². The number of esters is 1. The summed E-state index contributed by atoms with van der Waals surface area (Å²) < 4.78 is 10.9. The second kappa shape index (κ2) is 7.44. The first kappa shape index (κ1) is 17.7. The summed E-state index contributed by atoms with van der Waals surface area (Å²) in [5.41, 5.74) is 1.09. The van der Waals surface area contributed by atoms with Gasteiger partial charge in [-0.2, -0.15) is 0 Å². The van der Waals surface area contributed by atoms with Crippen LogP contribution in [0.5, 0.6) is 0 Å². The van der Waals surface area contributed by atoms with E-state index < -0.39 is 5.97 Å². The van der Waals surface area contributed by atoms with Crippen molar-refractivity contribution in [3.05, 3.63) is 56.4 Å². The van der Waals surface area contributed by atoms with Crippen molar-refractivity contribution in [1.29, 1.82) is 0 Å². The number of amides is 1. The summed E-state index contributed by atoms with van der Waals surface area (Å²) in [6.07, 6.45) is 1.70. The molecule has 1 saturated heterocycles. The number of likely N-dealkylation sites (N-methyl/N-ethyl adjacent to an activating group) is 1. The molecule has 0 N–H and O–H groups in total. The summed E-state index contributed by atoms with van der Waals surface area (Å²) in [6.45, 7) is 0. The van der Waals surface area contributed by atoms with Crippen LogP contribution in [0.15, 0.2) is 50.7 Å². The van der Waals surface area contributed by atoms with Crippen LogP contribution < -0.4 is 0 Å². The van der Waals surface area contributed by atoms with Crippen LogP contribution in [-0.4, -0.2) is 36.1 Å². The largest absolute Gasteiger partial charge is 0.465 e. The van der Waals surface area contributed by atoms with Crippen LogP contribution in [0.2, 0.25) is 0 Å². The van der Waals surface area contributed by atoms with Crippen LogP contribution in [0.25, 0.3) is 6.08 Å². The van der Waals surface area contributed by atoms with Crippen LogP contribution in [0, 0.1) is 3.77 Å². The van der Waals surface area contributed by atoms with Gasteiger partial charge >= 0.3 is 5.97 Å². The van der Waals surface area contributed by atoms with Gasteiger partial charge in [0, 0.05) is 13.1 Å². The zero-order valence-electron chi connectivity index (χ0n) is 13.4. The number of carbonyl (C=O) groups excluding carboxylic acids is 2. The van der Waals surface area contributed by atoms with Crippen molar-refractivity contribution in [2.24, 2.45) is 4.99 Å². The first-order valence-corrected chi connectivity index (χ1v) is 9.07. The monoisotopic (exact) mass is 468 g/mol. The molecular weight excluding hydrogens is 455 g/mol. The molecule has 1 aliphatic heterocycles. The van der Waals surface area contributed by atoms with Crippen LogP contribution >= 0.6 is 34.4 Å². The Morgan fingerprint density at radius 1 is 1.28 bits per heavy atom. The average Bonchev–Trinajstić information content (AvgIpc) is 3.14. The minimum atomic E-state index is -0.403. The number of rotatable bonds is 3. The van der Waals surface area contributed by atoms with Crippen molar-refractivity contribution in [3.63, 3.8) is 0 Å². The van der Waals surface area contributed by atoms with E-state index in [0.717, 1.165) is 3.77 Å². The summed E-state index contributed by atoms with van der Waals surface area (Å²) in [5.74, 6) is 0.0821. The molecule has 0 spiro atoms. The van der Waals surface area contributed by atoms with Crippen molar-refractivity contribution < 1.29 is 18.7 Å². The zero-order chi connectivity index (χ0) is 18.0. The van der Waals surface area contributed by atoms with Crippen molar-refractivity contribution in [3.8, 4) is 0 Å². The maximum absolute atomic E-state index is 12.4. The normalized spacial score (nSPS) is 17.6. The summed E-state index contributed by atoms with van der Waals surface area (Å²) in [5, 5.41) is 0.559. The molecule has 0 bridgehead atoms. The lowest BCUT2D eigenvalue weighted by molar-refractivity contribution is -0.121. The summed E-state index contributed by atoms with van der Waals surface area (Å²) in [4.78, 5) is 30.3. The van der Waals surface area contributed by atoms with Crippen molar-refractivity contribution in [1.82, 2.24) is 4.90 Å². The smallest absolute Gasteiger partial charge is 0.337 e. The molecule has 8 heteroatoms. The summed E-state index contributed by atoms with van der Waals surface area (Å²) >= 11 is 3.35. The molecule has 128 valence electrons. The van der Waals surface area contributed by atoms with Crippen LogP contribution in [0.4, 0.5) is 5.69 Å². The third-order valence-electron chi connectivity index (χ3n) is 3.38. The molecule has 1 aliphatic rings. The molecular formula is C17H13IN2O4S. The summed E-state index contributed by atoms with van der Waals surface area (Å²) in [6, 6.07) is 10.3. The number of furan rings is 1. The number of benzene rings is 1. The molecule has 25 heavy (non-hydrogen) atoms. The number of hydrogen-bond donors (Lipinski definition) is 0. The van der Waals surface area contributed by atoms with Crippen molar-refractivity contribution >= 4 is 63.2 Å². The molecule has 1 aromatic carbocycles. The van der Waals surface area contributed by atoms with Gasteiger partial charge in [0.05, 0.1) is 23.3 Å². The average molecular weight is 468 g/mol. The molecule has 0 atom stereocenters. The molecule has 0 unspecified atom stereocenters. The maximum atomic E-state index is 12.4. The lowest BCUT2D eigenvalue weighted by Crippen LogP contribution is -2.23. The summed E-state index contributed by atoms with van der Waals surface area (Å²) in [7, 11) is 3.00. The Kier molecular flexibility index (Phi) is 5.28. The third kappa shape index (κ3) is 3.96. The minimum absolute atomic E-state index is 0.138. The Morgan fingerprint density at radius 3 is 2.60 bits per heavy atom.